The Morgan fingerprint density at radius 3 is 2.72 bits per heavy atom. The fourth-order valence-electron chi connectivity index (χ4n) is 3.33. The summed E-state index contributed by atoms with van der Waals surface area (Å²) in [6.45, 7) is 2.07. The number of hydrogen-bond acceptors (Lipinski definition) is 4. The van der Waals surface area contributed by atoms with E-state index < -0.39 is 0 Å². The van der Waals surface area contributed by atoms with Gasteiger partial charge in [-0.3, -0.25) is 4.98 Å². The van der Waals surface area contributed by atoms with Crippen molar-refractivity contribution >= 4 is 34.3 Å². The third kappa shape index (κ3) is 2.83. The first-order chi connectivity index (χ1) is 12.2. The van der Waals surface area contributed by atoms with Gasteiger partial charge < -0.3 is 4.57 Å². The summed E-state index contributed by atoms with van der Waals surface area (Å²) in [6.07, 6.45) is 5.01. The Bertz CT molecular complexity index is 959. The van der Waals surface area contributed by atoms with Crippen LogP contribution in [0, 0.1) is 6.92 Å². The number of pyridine rings is 1. The Hall–Kier alpha value is -1.59. The average molecular weight is 371 g/mol. The molecule has 2 fully saturated rings. The van der Waals surface area contributed by atoms with E-state index in [4.69, 9.17) is 16.6 Å². The smallest absolute Gasteiger partial charge is 0.191 e. The van der Waals surface area contributed by atoms with E-state index in [9.17, 15) is 0 Å². The van der Waals surface area contributed by atoms with Gasteiger partial charge in [0.25, 0.3) is 0 Å². The molecule has 3 aromatic rings. The van der Waals surface area contributed by atoms with Gasteiger partial charge in [0.15, 0.2) is 5.16 Å². The predicted molar refractivity (Wildman–Crippen MR) is 101 cm³/mol. The van der Waals surface area contributed by atoms with Crippen LogP contribution >= 0.6 is 23.4 Å². The molecule has 1 aromatic carbocycles. The highest BCUT2D eigenvalue weighted by Crippen LogP contribution is 2.46. The number of aromatic nitrogens is 4. The number of rotatable bonds is 5. The van der Waals surface area contributed by atoms with Crippen molar-refractivity contribution in [2.75, 3.05) is 0 Å². The number of fused-ring (bicyclic) bond motifs is 1. The fraction of sp³-hybridized carbons (Fsp3) is 0.421. The van der Waals surface area contributed by atoms with E-state index in [1.54, 1.807) is 11.8 Å². The van der Waals surface area contributed by atoms with Crippen LogP contribution in [0.1, 0.15) is 54.7 Å². The molecule has 128 valence electrons. The molecular formula is C19H19ClN4S. The highest BCUT2D eigenvalue weighted by atomic mass is 35.5. The SMILES string of the molecule is Cc1c(Cl)c(CSc2nnc(C3CC3)n2C2CC2)nc2ccccc12. The van der Waals surface area contributed by atoms with Crippen molar-refractivity contribution in [3.63, 3.8) is 0 Å². The fourth-order valence-corrected chi connectivity index (χ4v) is 4.57. The molecule has 0 spiro atoms. The van der Waals surface area contributed by atoms with Crippen molar-refractivity contribution in [3.8, 4) is 0 Å². The number of thioether (sulfide) groups is 1. The van der Waals surface area contributed by atoms with Crippen LogP contribution < -0.4 is 0 Å². The minimum atomic E-state index is 0.606. The van der Waals surface area contributed by atoms with Gasteiger partial charge in [-0.15, -0.1) is 10.2 Å². The number of benzene rings is 1. The zero-order valence-electron chi connectivity index (χ0n) is 14.1. The lowest BCUT2D eigenvalue weighted by molar-refractivity contribution is 0.627. The lowest BCUT2D eigenvalue weighted by atomic mass is 10.1. The summed E-state index contributed by atoms with van der Waals surface area (Å²) in [7, 11) is 0. The molecule has 6 heteroatoms. The highest BCUT2D eigenvalue weighted by Gasteiger charge is 2.36. The number of halogens is 1. The third-order valence-corrected chi connectivity index (χ3v) is 6.49. The summed E-state index contributed by atoms with van der Waals surface area (Å²) < 4.78 is 2.38. The van der Waals surface area contributed by atoms with E-state index in [2.05, 4.69) is 27.8 Å². The molecule has 4 nitrogen and oxygen atoms in total. The maximum Gasteiger partial charge on any atom is 0.191 e. The number of aryl methyl sites for hydroxylation is 1. The second-order valence-corrected chi connectivity index (χ2v) is 8.34. The maximum atomic E-state index is 6.60. The molecule has 0 atom stereocenters. The van der Waals surface area contributed by atoms with Crippen molar-refractivity contribution < 1.29 is 0 Å². The maximum absolute atomic E-state index is 6.60. The summed E-state index contributed by atoms with van der Waals surface area (Å²) >= 11 is 8.31. The van der Waals surface area contributed by atoms with Crippen molar-refractivity contribution in [2.45, 2.75) is 55.5 Å². The molecule has 5 rings (SSSR count). The quantitative estimate of drug-likeness (QED) is 0.572. The molecule has 0 aliphatic heterocycles. The van der Waals surface area contributed by atoms with Crippen LogP contribution in [0.2, 0.25) is 5.02 Å². The van der Waals surface area contributed by atoms with Gasteiger partial charge in [-0.05, 0) is 44.2 Å². The first-order valence-electron chi connectivity index (χ1n) is 8.83. The van der Waals surface area contributed by atoms with Crippen LogP contribution in [-0.4, -0.2) is 19.7 Å². The van der Waals surface area contributed by atoms with Gasteiger partial charge >= 0.3 is 0 Å². The molecule has 25 heavy (non-hydrogen) atoms. The van der Waals surface area contributed by atoms with Crippen LogP contribution in [-0.2, 0) is 5.75 Å². The van der Waals surface area contributed by atoms with E-state index >= 15 is 0 Å². The molecule has 2 saturated carbocycles. The largest absolute Gasteiger partial charge is 0.303 e. The van der Waals surface area contributed by atoms with Gasteiger partial charge in [0.1, 0.15) is 5.82 Å². The Balaban J connectivity index is 1.45. The second kappa shape index (κ2) is 5.99. The van der Waals surface area contributed by atoms with Gasteiger partial charge in [0.2, 0.25) is 0 Å². The minimum absolute atomic E-state index is 0.606. The molecule has 2 aliphatic rings. The molecule has 2 aromatic heterocycles. The van der Waals surface area contributed by atoms with Crippen LogP contribution in [0.4, 0.5) is 0 Å². The molecule has 2 heterocycles. The summed E-state index contributed by atoms with van der Waals surface area (Å²) in [4.78, 5) is 4.78. The Kier molecular flexibility index (Phi) is 3.75. The van der Waals surface area contributed by atoms with Crippen LogP contribution in [0.3, 0.4) is 0 Å². The van der Waals surface area contributed by atoms with Crippen LogP contribution in [0.25, 0.3) is 10.9 Å². The van der Waals surface area contributed by atoms with Crippen molar-refractivity contribution in [1.29, 1.82) is 0 Å². The topological polar surface area (TPSA) is 43.6 Å². The molecule has 0 N–H and O–H groups in total. The van der Waals surface area contributed by atoms with Crippen LogP contribution in [0.15, 0.2) is 29.4 Å². The molecule has 0 saturated heterocycles. The average Bonchev–Trinajstić information content (AvgIpc) is 3.55. The van der Waals surface area contributed by atoms with E-state index in [1.165, 1.54) is 31.5 Å². The number of hydrogen-bond donors (Lipinski definition) is 0. The summed E-state index contributed by atoms with van der Waals surface area (Å²) in [5.74, 6) is 2.55. The van der Waals surface area contributed by atoms with Gasteiger partial charge in [0.05, 0.1) is 16.2 Å². The molecule has 0 unspecified atom stereocenters. The summed E-state index contributed by atoms with van der Waals surface area (Å²) in [6, 6.07) is 8.77. The summed E-state index contributed by atoms with van der Waals surface area (Å²) in [5.41, 5.74) is 3.04. The van der Waals surface area contributed by atoms with E-state index in [0.29, 0.717) is 12.0 Å². The Morgan fingerprint density at radius 2 is 1.96 bits per heavy atom. The lowest BCUT2D eigenvalue weighted by Gasteiger charge is -2.11. The first kappa shape index (κ1) is 15.6. The molecule has 0 radical (unpaired) electrons. The molecule has 0 amide bonds. The van der Waals surface area contributed by atoms with E-state index in [-0.39, 0.29) is 0 Å². The highest BCUT2D eigenvalue weighted by molar-refractivity contribution is 7.98. The van der Waals surface area contributed by atoms with Gasteiger partial charge in [0, 0.05) is 23.1 Å². The van der Waals surface area contributed by atoms with Gasteiger partial charge in [-0.2, -0.15) is 0 Å². The standard InChI is InChI=1S/C19H19ClN4S/c1-11-14-4-2-3-5-15(14)21-16(17(11)20)10-25-19-23-22-18(12-6-7-12)24(19)13-8-9-13/h2-5,12-13H,6-10H2,1H3. The number of para-hydroxylation sites is 1. The second-order valence-electron chi connectivity index (χ2n) is 7.02. The van der Waals surface area contributed by atoms with Gasteiger partial charge in [-0.25, -0.2) is 0 Å². The van der Waals surface area contributed by atoms with E-state index in [0.717, 1.165) is 38.1 Å². The van der Waals surface area contributed by atoms with Gasteiger partial charge in [-0.1, -0.05) is 41.6 Å². The normalized spacial score (nSPS) is 17.4. The predicted octanol–water partition coefficient (Wildman–Crippen LogP) is 5.29. The number of nitrogens with zero attached hydrogens (tertiary/aromatic N) is 4. The first-order valence-corrected chi connectivity index (χ1v) is 10.2. The van der Waals surface area contributed by atoms with Crippen molar-refractivity contribution in [1.82, 2.24) is 19.7 Å². The Morgan fingerprint density at radius 1 is 1.16 bits per heavy atom. The van der Waals surface area contributed by atoms with Crippen LogP contribution in [0.5, 0.6) is 0 Å². The monoisotopic (exact) mass is 370 g/mol. The minimum Gasteiger partial charge on any atom is -0.303 e. The van der Waals surface area contributed by atoms with Crippen molar-refractivity contribution in [3.05, 3.63) is 46.4 Å². The molecule has 2 aliphatic carbocycles. The summed E-state index contributed by atoms with van der Waals surface area (Å²) in [5, 5.41) is 11.9. The van der Waals surface area contributed by atoms with Crippen molar-refractivity contribution in [2.24, 2.45) is 0 Å². The molecule has 0 bridgehead atoms. The molecular weight excluding hydrogens is 352 g/mol. The zero-order valence-corrected chi connectivity index (χ0v) is 15.6. The Labute approximate surface area is 156 Å². The van der Waals surface area contributed by atoms with E-state index in [1.807, 2.05) is 18.2 Å². The third-order valence-electron chi connectivity index (χ3n) is 5.03. The zero-order chi connectivity index (χ0) is 17.0. The lowest BCUT2D eigenvalue weighted by Crippen LogP contribution is -2.02.